The molecule has 29 nitrogen and oxygen atoms in total. The monoisotopic (exact) mass is 1210 g/mol. The predicted octanol–water partition coefficient (Wildman–Crippen LogP) is 0.459. The van der Waals surface area contributed by atoms with Gasteiger partial charge in [-0.3, -0.25) is 38.5 Å². The van der Waals surface area contributed by atoms with Gasteiger partial charge in [-0.15, -0.1) is 12.8 Å². The third-order valence-electron chi connectivity index (χ3n) is 10.3. The minimum Gasteiger partial charge on any atom is -0.481 e. The van der Waals surface area contributed by atoms with Crippen LogP contribution in [0.4, 0.5) is 15.3 Å². The highest BCUT2D eigenvalue weighted by Crippen LogP contribution is 2.19. The number of rotatable bonds is 48. The van der Waals surface area contributed by atoms with Crippen LogP contribution >= 0.6 is 0 Å². The first-order valence-corrected chi connectivity index (χ1v) is 27.7. The number of carbonyl (C=O) groups excluding carboxylic acids is 7. The third kappa shape index (κ3) is 47.2. The average molecular weight is 1210 g/mol. The number of nitrogens with one attached hydrogen (secondary N) is 4. The topological polar surface area (TPSA) is 391 Å². The van der Waals surface area contributed by atoms with Crippen LogP contribution in [0.1, 0.15) is 65.0 Å². The number of anilines is 1. The zero-order chi connectivity index (χ0) is 63.9. The number of amides is 7. The number of carbonyl (C=O) groups is 8. The number of urea groups is 1. The first-order valence-electron chi connectivity index (χ1n) is 27.7. The van der Waals surface area contributed by atoms with Crippen LogP contribution in [0.25, 0.3) is 0 Å². The quantitative estimate of drug-likeness (QED) is 0.0110. The second kappa shape index (κ2) is 55.1. The van der Waals surface area contributed by atoms with Crippen LogP contribution in [0.15, 0.2) is 42.2 Å². The van der Waals surface area contributed by atoms with Gasteiger partial charge in [-0.05, 0) is 35.6 Å². The van der Waals surface area contributed by atoms with E-state index in [2.05, 4.69) is 34.1 Å². The Morgan fingerprint density at radius 1 is 0.671 bits per heavy atom. The molecule has 0 bridgehead atoms. The molecule has 11 N–H and O–H groups in total. The molecule has 1 aromatic carbocycles. The van der Waals surface area contributed by atoms with Crippen molar-refractivity contribution in [3.8, 4) is 12.8 Å². The Balaban J connectivity index is 0. The number of primary amides is 1. The molecule has 2 radical (unpaired) electrons. The van der Waals surface area contributed by atoms with Crippen molar-refractivity contribution in [2.75, 3.05) is 157 Å². The number of hydrazine groups is 1. The summed E-state index contributed by atoms with van der Waals surface area (Å²) >= 11 is 0. The summed E-state index contributed by atoms with van der Waals surface area (Å²) in [5, 5.41) is 20.2. The van der Waals surface area contributed by atoms with Gasteiger partial charge in [0.05, 0.1) is 164 Å². The molecular weight excluding hydrogens is 1120 g/mol. The molecule has 0 spiro atoms. The Morgan fingerprint density at radius 2 is 1.15 bits per heavy atom. The van der Waals surface area contributed by atoms with E-state index in [9.17, 15) is 38.4 Å². The molecule has 1 atom stereocenters. The van der Waals surface area contributed by atoms with E-state index in [0.717, 1.165) is 11.3 Å². The van der Waals surface area contributed by atoms with Crippen molar-refractivity contribution in [3.63, 3.8) is 0 Å². The molecule has 0 aliphatic carbocycles. The van der Waals surface area contributed by atoms with E-state index >= 15 is 0 Å². The molecule has 30 heteroatoms. The maximum absolute atomic E-state index is 13.0. The Hall–Kier alpha value is -6.76. The molecule has 1 unspecified atom stereocenters. The number of nitrogens with two attached hydrogens (primary N) is 3. The number of aliphatic carboxylic acids is 1. The number of carboxylic acids is 1. The average Bonchev–Trinajstić information content (AvgIpc) is 3.97. The number of hydrogen-bond acceptors (Lipinski definition) is 22. The van der Waals surface area contributed by atoms with Gasteiger partial charge >= 0.3 is 12.0 Å². The SMILES string of the molecule is C#C.CC.CCCNC(N)=O.[B]C(=O)OCc1ccc(NC(=O)CNC(=O)C(NC(=O)CCOCCN2C(=O)C=CC2=O)C(C)C)cc1COC/C(N)=C/N(N)CCOCCOCCOCCOCCOCCOCCOCCOCCC(=O)O. The molecule has 1 aliphatic heterocycles. The molecule has 7 amide bonds. The summed E-state index contributed by atoms with van der Waals surface area (Å²) in [5.74, 6) is 1.38. The number of benzene rings is 1. The van der Waals surface area contributed by atoms with E-state index in [1.807, 2.05) is 20.8 Å². The molecule has 2 rings (SSSR count). The van der Waals surface area contributed by atoms with Crippen LogP contribution in [-0.2, 0) is 94.1 Å². The maximum atomic E-state index is 13.0. The Morgan fingerprint density at radius 3 is 1.61 bits per heavy atom. The zero-order valence-electron chi connectivity index (χ0n) is 50.0. The molecule has 0 aromatic heterocycles. The lowest BCUT2D eigenvalue weighted by molar-refractivity contribution is -0.139. The standard InChI is InChI=1S/C47H74BN7O19.C4H10N2O.C2H6.C2H2/c1-35(2)45(53-40(56)7-11-64-14-10-55-42(58)5-6-43(55)59)46(62)51-30-41(57)52-39-4-3-36(33-74-47(48)63)37(29-39)32-73-34-38(49)31-54(50)9-13-66-16-18-68-20-22-70-24-26-72-28-27-71-25-23-69-21-19-67-17-15-65-12-8-44(60)61;1-2-3-6-4(5)7;2*1-2/h3-6,29,31,35,45H,7-28,30,32-34,49-50H2,1-2H3,(H,51,62)(H,52,57)(H,53,56)(H,60,61);2-3H2,1H3,(H3,5,6,7);1-2H3;1-2H/b38-31-;;;. The van der Waals surface area contributed by atoms with Gasteiger partial charge in [0.15, 0.2) is 0 Å². The minimum atomic E-state index is -0.982. The molecule has 1 heterocycles. The number of carboxylic acid groups (broad SMARTS) is 1. The van der Waals surface area contributed by atoms with Gasteiger partial charge in [-0.2, -0.15) is 0 Å². The lowest BCUT2D eigenvalue weighted by atomic mass is 10.0. The second-order valence-corrected chi connectivity index (χ2v) is 17.4. The molecule has 0 saturated carbocycles. The maximum Gasteiger partial charge on any atom is 0.312 e. The Labute approximate surface area is 500 Å². The lowest BCUT2D eigenvalue weighted by Gasteiger charge is -2.22. The molecule has 0 saturated heterocycles. The lowest BCUT2D eigenvalue weighted by Crippen LogP contribution is -2.51. The molecule has 480 valence electrons. The summed E-state index contributed by atoms with van der Waals surface area (Å²) < 4.78 is 59.5. The van der Waals surface area contributed by atoms with Gasteiger partial charge in [0, 0.05) is 37.0 Å². The summed E-state index contributed by atoms with van der Waals surface area (Å²) in [7, 11) is 5.17. The van der Waals surface area contributed by atoms with Gasteiger partial charge in [0.2, 0.25) is 31.4 Å². The normalized spacial score (nSPS) is 12.0. The Kier molecular flexibility index (Phi) is 52.1. The predicted molar refractivity (Wildman–Crippen MR) is 313 cm³/mol. The molecule has 1 aromatic rings. The number of hydrogen-bond donors (Lipinski definition) is 8. The van der Waals surface area contributed by atoms with Gasteiger partial charge in [0.25, 0.3) is 11.8 Å². The first kappa shape index (κ1) is 80.3. The van der Waals surface area contributed by atoms with Crippen molar-refractivity contribution >= 4 is 60.9 Å². The highest BCUT2D eigenvalue weighted by Gasteiger charge is 2.25. The second-order valence-electron chi connectivity index (χ2n) is 17.4. The van der Waals surface area contributed by atoms with Crippen LogP contribution in [0.5, 0.6) is 0 Å². The fourth-order valence-corrected chi connectivity index (χ4v) is 6.28. The van der Waals surface area contributed by atoms with Crippen molar-refractivity contribution in [1.29, 1.82) is 0 Å². The van der Waals surface area contributed by atoms with Crippen molar-refractivity contribution in [1.82, 2.24) is 25.9 Å². The van der Waals surface area contributed by atoms with E-state index < -0.39 is 60.0 Å². The van der Waals surface area contributed by atoms with Gasteiger partial charge in [-0.1, -0.05) is 40.7 Å². The number of terminal acetylenes is 1. The number of imide groups is 1. The Bertz CT molecular complexity index is 2090. The summed E-state index contributed by atoms with van der Waals surface area (Å²) in [5.41, 5.74) is 12.6. The van der Waals surface area contributed by atoms with E-state index in [1.165, 1.54) is 23.4 Å². The van der Waals surface area contributed by atoms with Gasteiger partial charge in [0.1, 0.15) is 12.6 Å². The largest absolute Gasteiger partial charge is 0.481 e. The van der Waals surface area contributed by atoms with Gasteiger partial charge < -0.3 is 95.0 Å². The van der Waals surface area contributed by atoms with Crippen molar-refractivity contribution in [2.45, 2.75) is 73.1 Å². The fourth-order valence-electron chi connectivity index (χ4n) is 6.28. The highest BCUT2D eigenvalue weighted by atomic mass is 16.6. The molecular formula is C55H92BN9O20. The first-order chi connectivity index (χ1) is 40.9. The number of nitrogens with zero attached hydrogens (tertiary/aromatic N) is 2. The minimum absolute atomic E-state index is 0.00703. The summed E-state index contributed by atoms with van der Waals surface area (Å²) in [4.78, 5) is 94.3. The smallest absolute Gasteiger partial charge is 0.312 e. The van der Waals surface area contributed by atoms with Crippen molar-refractivity contribution in [2.24, 2.45) is 23.2 Å². The van der Waals surface area contributed by atoms with Crippen LogP contribution in [0.2, 0.25) is 0 Å². The van der Waals surface area contributed by atoms with Gasteiger partial charge in [-0.25, -0.2) is 10.6 Å². The summed E-state index contributed by atoms with van der Waals surface area (Å²) in [6, 6.07) is 3.39. The van der Waals surface area contributed by atoms with E-state index in [4.69, 9.17) is 82.4 Å². The van der Waals surface area contributed by atoms with Crippen LogP contribution in [0.3, 0.4) is 0 Å². The number of ether oxygens (including phenoxy) is 11. The fraction of sp³-hybridized carbons (Fsp3) is 0.636. The summed E-state index contributed by atoms with van der Waals surface area (Å²) in [6.07, 6.45) is 12.7. The van der Waals surface area contributed by atoms with Crippen LogP contribution in [-0.4, -0.2) is 228 Å². The molecule has 0 fully saturated rings. The van der Waals surface area contributed by atoms with Crippen LogP contribution < -0.4 is 38.6 Å². The third-order valence-corrected chi connectivity index (χ3v) is 10.3. The molecule has 1 aliphatic rings. The van der Waals surface area contributed by atoms with Crippen molar-refractivity contribution in [3.05, 3.63) is 53.4 Å². The van der Waals surface area contributed by atoms with Crippen LogP contribution in [0, 0.1) is 18.8 Å². The van der Waals surface area contributed by atoms with E-state index in [0.29, 0.717) is 135 Å². The molecule has 85 heavy (non-hydrogen) atoms. The summed E-state index contributed by atoms with van der Waals surface area (Å²) in [6.45, 7) is 15.9. The van der Waals surface area contributed by atoms with E-state index in [-0.39, 0.29) is 64.9 Å². The zero-order valence-corrected chi connectivity index (χ0v) is 50.0. The highest BCUT2D eigenvalue weighted by molar-refractivity contribution is 6.55. The van der Waals surface area contributed by atoms with E-state index in [1.54, 1.807) is 32.0 Å². The van der Waals surface area contributed by atoms with Crippen molar-refractivity contribution < 1.29 is 95.6 Å².